The second-order valence-corrected chi connectivity index (χ2v) is 10.1. The van der Waals surface area contributed by atoms with Crippen molar-refractivity contribution in [2.45, 2.75) is 79.1 Å². The molecule has 0 aliphatic rings. The topological polar surface area (TPSA) is 0 Å². The van der Waals surface area contributed by atoms with Crippen molar-refractivity contribution in [1.82, 2.24) is 0 Å². The first-order chi connectivity index (χ1) is 12.0. The Hall–Kier alpha value is -0.600. The lowest BCUT2D eigenvalue weighted by molar-refractivity contribution is 0.821. The Bertz CT molecular complexity index is 657. The standard InChI is InChI=1S/C24H32Br2/c1-13(2)19-9-17(10-20(14(3)4)23(19)25)18-11-21(15(5)6)24(26)22(12-18)16(7)8/h9-16H,1-8H3. The van der Waals surface area contributed by atoms with Gasteiger partial charge in [-0.1, -0.05) is 87.2 Å². The maximum atomic E-state index is 3.87. The monoisotopic (exact) mass is 478 g/mol. The highest BCUT2D eigenvalue weighted by Crippen LogP contribution is 2.40. The number of rotatable bonds is 5. The zero-order valence-electron chi connectivity index (χ0n) is 17.4. The summed E-state index contributed by atoms with van der Waals surface area (Å²) in [5.74, 6) is 1.97. The van der Waals surface area contributed by atoms with E-state index >= 15 is 0 Å². The van der Waals surface area contributed by atoms with Crippen molar-refractivity contribution in [3.05, 3.63) is 55.5 Å². The molecule has 2 rings (SSSR count). The van der Waals surface area contributed by atoms with E-state index in [1.54, 1.807) is 0 Å². The van der Waals surface area contributed by atoms with Crippen LogP contribution in [0.15, 0.2) is 33.2 Å². The lowest BCUT2D eigenvalue weighted by atomic mass is 9.87. The minimum absolute atomic E-state index is 0.492. The minimum Gasteiger partial charge on any atom is -0.0586 e. The number of hydrogen-bond donors (Lipinski definition) is 0. The van der Waals surface area contributed by atoms with Gasteiger partial charge in [-0.05, 0) is 81.3 Å². The summed E-state index contributed by atoms with van der Waals surface area (Å²) in [6.45, 7) is 18.2. The molecule has 0 unspecified atom stereocenters. The molecular weight excluding hydrogens is 448 g/mol. The lowest BCUT2D eigenvalue weighted by Crippen LogP contribution is -2.01. The highest BCUT2D eigenvalue weighted by atomic mass is 79.9. The Kier molecular flexibility index (Phi) is 7.18. The summed E-state index contributed by atoms with van der Waals surface area (Å²) >= 11 is 7.74. The maximum absolute atomic E-state index is 3.87. The van der Waals surface area contributed by atoms with Crippen LogP contribution in [-0.4, -0.2) is 0 Å². The summed E-state index contributed by atoms with van der Waals surface area (Å²) in [5, 5.41) is 0. The van der Waals surface area contributed by atoms with Gasteiger partial charge >= 0.3 is 0 Å². The fourth-order valence-corrected chi connectivity index (χ4v) is 5.64. The number of benzene rings is 2. The molecule has 0 aliphatic carbocycles. The van der Waals surface area contributed by atoms with Gasteiger partial charge in [0.15, 0.2) is 0 Å². The Labute approximate surface area is 177 Å². The molecule has 0 atom stereocenters. The third-order valence-corrected chi connectivity index (χ3v) is 6.91. The van der Waals surface area contributed by atoms with Crippen molar-refractivity contribution >= 4 is 31.9 Å². The van der Waals surface area contributed by atoms with Crippen molar-refractivity contribution in [3.8, 4) is 11.1 Å². The van der Waals surface area contributed by atoms with E-state index in [2.05, 4.69) is 112 Å². The molecule has 2 heteroatoms. The van der Waals surface area contributed by atoms with Gasteiger partial charge in [0.05, 0.1) is 0 Å². The summed E-state index contributed by atoms with van der Waals surface area (Å²) in [6.07, 6.45) is 0. The molecule has 0 aromatic heterocycles. The highest BCUT2D eigenvalue weighted by Gasteiger charge is 2.18. The lowest BCUT2D eigenvalue weighted by Gasteiger charge is -2.21. The molecule has 26 heavy (non-hydrogen) atoms. The highest BCUT2D eigenvalue weighted by molar-refractivity contribution is 9.10. The zero-order valence-corrected chi connectivity index (χ0v) is 20.5. The fraction of sp³-hybridized carbons (Fsp3) is 0.500. The van der Waals surface area contributed by atoms with Crippen LogP contribution < -0.4 is 0 Å². The van der Waals surface area contributed by atoms with Crippen LogP contribution in [-0.2, 0) is 0 Å². The molecule has 0 radical (unpaired) electrons. The van der Waals surface area contributed by atoms with Gasteiger partial charge < -0.3 is 0 Å². The van der Waals surface area contributed by atoms with E-state index in [4.69, 9.17) is 0 Å². The molecular formula is C24H32Br2. The largest absolute Gasteiger partial charge is 0.0586 e. The molecule has 0 nitrogen and oxygen atoms in total. The van der Waals surface area contributed by atoms with Crippen molar-refractivity contribution in [2.75, 3.05) is 0 Å². The number of hydrogen-bond acceptors (Lipinski definition) is 0. The summed E-state index contributed by atoms with van der Waals surface area (Å²) in [5.41, 5.74) is 8.24. The van der Waals surface area contributed by atoms with E-state index in [0.29, 0.717) is 23.7 Å². The van der Waals surface area contributed by atoms with Crippen LogP contribution in [0, 0.1) is 0 Å². The predicted molar refractivity (Wildman–Crippen MR) is 124 cm³/mol. The first kappa shape index (κ1) is 21.7. The average molecular weight is 480 g/mol. The predicted octanol–water partition coefficient (Wildman–Crippen LogP) is 9.37. The maximum Gasteiger partial charge on any atom is 0.0244 e. The molecule has 142 valence electrons. The molecule has 2 aromatic rings. The zero-order chi connectivity index (χ0) is 19.8. The van der Waals surface area contributed by atoms with Crippen LogP contribution >= 0.6 is 31.9 Å². The van der Waals surface area contributed by atoms with Crippen molar-refractivity contribution < 1.29 is 0 Å². The third-order valence-electron chi connectivity index (χ3n) is 5.08. The molecule has 0 aliphatic heterocycles. The molecule has 0 saturated carbocycles. The Morgan fingerprint density at radius 2 is 0.654 bits per heavy atom. The quantitative estimate of drug-likeness (QED) is 0.400. The molecule has 0 N–H and O–H groups in total. The van der Waals surface area contributed by atoms with E-state index in [-0.39, 0.29) is 0 Å². The normalized spacial score (nSPS) is 12.1. The fourth-order valence-electron chi connectivity index (χ4n) is 3.35. The first-order valence-electron chi connectivity index (χ1n) is 9.71. The molecule has 0 fully saturated rings. The molecule has 0 bridgehead atoms. The van der Waals surface area contributed by atoms with Crippen LogP contribution in [0.5, 0.6) is 0 Å². The molecule has 0 spiro atoms. The van der Waals surface area contributed by atoms with Crippen LogP contribution in [0.3, 0.4) is 0 Å². The SMILES string of the molecule is CC(C)c1cc(-c2cc(C(C)C)c(Br)c(C(C)C)c2)cc(C(C)C)c1Br. The van der Waals surface area contributed by atoms with Crippen molar-refractivity contribution in [3.63, 3.8) is 0 Å². The van der Waals surface area contributed by atoms with E-state index in [0.717, 1.165) is 0 Å². The summed E-state index contributed by atoms with van der Waals surface area (Å²) < 4.78 is 2.55. The van der Waals surface area contributed by atoms with Gasteiger partial charge in [0.25, 0.3) is 0 Å². The van der Waals surface area contributed by atoms with Crippen LogP contribution in [0.25, 0.3) is 11.1 Å². The first-order valence-corrected chi connectivity index (χ1v) is 11.3. The minimum atomic E-state index is 0.492. The van der Waals surface area contributed by atoms with E-state index in [9.17, 15) is 0 Å². The Balaban J connectivity index is 2.79. The average Bonchev–Trinajstić information content (AvgIpc) is 2.54. The van der Waals surface area contributed by atoms with Crippen molar-refractivity contribution in [1.29, 1.82) is 0 Å². The second-order valence-electron chi connectivity index (χ2n) is 8.56. The summed E-state index contributed by atoms with van der Waals surface area (Å²) in [6, 6.07) is 9.49. The molecule has 0 amide bonds. The van der Waals surface area contributed by atoms with Crippen LogP contribution in [0.2, 0.25) is 0 Å². The van der Waals surface area contributed by atoms with Crippen LogP contribution in [0.4, 0.5) is 0 Å². The van der Waals surface area contributed by atoms with Gasteiger partial charge in [-0.2, -0.15) is 0 Å². The van der Waals surface area contributed by atoms with E-state index in [1.165, 1.54) is 42.3 Å². The molecule has 2 aromatic carbocycles. The van der Waals surface area contributed by atoms with Gasteiger partial charge in [-0.15, -0.1) is 0 Å². The third kappa shape index (κ3) is 4.44. The smallest absolute Gasteiger partial charge is 0.0244 e. The van der Waals surface area contributed by atoms with Crippen molar-refractivity contribution in [2.24, 2.45) is 0 Å². The van der Waals surface area contributed by atoms with E-state index < -0.39 is 0 Å². The summed E-state index contributed by atoms with van der Waals surface area (Å²) in [4.78, 5) is 0. The van der Waals surface area contributed by atoms with Gasteiger partial charge in [0.2, 0.25) is 0 Å². The van der Waals surface area contributed by atoms with Gasteiger partial charge in [-0.25, -0.2) is 0 Å². The van der Waals surface area contributed by atoms with Crippen LogP contribution in [0.1, 0.15) is 101 Å². The second kappa shape index (κ2) is 8.61. The van der Waals surface area contributed by atoms with Gasteiger partial charge in [-0.3, -0.25) is 0 Å². The number of halogens is 2. The Morgan fingerprint density at radius 3 is 0.808 bits per heavy atom. The van der Waals surface area contributed by atoms with Gasteiger partial charge in [0.1, 0.15) is 0 Å². The summed E-state index contributed by atoms with van der Waals surface area (Å²) in [7, 11) is 0. The molecule has 0 heterocycles. The van der Waals surface area contributed by atoms with Gasteiger partial charge in [0, 0.05) is 8.95 Å². The van der Waals surface area contributed by atoms with E-state index in [1.807, 2.05) is 0 Å². The molecule has 0 saturated heterocycles. The Morgan fingerprint density at radius 1 is 0.462 bits per heavy atom.